The van der Waals surface area contributed by atoms with Crippen molar-refractivity contribution >= 4 is 28.3 Å². The SMILES string of the molecule is Cc1cc(CN2CCC(N)C2)ccc1Br.Cl. The zero-order valence-electron chi connectivity index (χ0n) is 9.45. The number of hydrogen-bond acceptors (Lipinski definition) is 2. The molecule has 1 unspecified atom stereocenters. The second-order valence-electron chi connectivity index (χ2n) is 4.37. The van der Waals surface area contributed by atoms with E-state index in [0.717, 1.165) is 26.1 Å². The molecule has 0 amide bonds. The zero-order valence-corrected chi connectivity index (χ0v) is 11.9. The number of hydrogen-bond donors (Lipinski definition) is 1. The van der Waals surface area contributed by atoms with Crippen LogP contribution in [0.25, 0.3) is 0 Å². The first kappa shape index (κ1) is 14.0. The Balaban J connectivity index is 0.00000128. The van der Waals surface area contributed by atoms with Crippen molar-refractivity contribution in [2.75, 3.05) is 13.1 Å². The first-order valence-electron chi connectivity index (χ1n) is 5.38. The lowest BCUT2D eigenvalue weighted by Gasteiger charge is -2.15. The van der Waals surface area contributed by atoms with Crippen LogP contribution in [0.4, 0.5) is 0 Å². The Morgan fingerprint density at radius 3 is 2.81 bits per heavy atom. The molecule has 2 nitrogen and oxygen atoms in total. The van der Waals surface area contributed by atoms with Gasteiger partial charge in [-0.25, -0.2) is 0 Å². The van der Waals surface area contributed by atoms with E-state index < -0.39 is 0 Å². The molecule has 90 valence electrons. The van der Waals surface area contributed by atoms with E-state index >= 15 is 0 Å². The summed E-state index contributed by atoms with van der Waals surface area (Å²) in [4.78, 5) is 2.42. The number of nitrogens with two attached hydrogens (primary N) is 1. The number of benzene rings is 1. The predicted octanol–water partition coefficient (Wildman–Crippen LogP) is 2.71. The number of aryl methyl sites for hydroxylation is 1. The summed E-state index contributed by atoms with van der Waals surface area (Å²) in [7, 11) is 0. The third kappa shape index (κ3) is 3.45. The Bertz CT molecular complexity index is 357. The van der Waals surface area contributed by atoms with Crippen LogP contribution >= 0.6 is 28.3 Å². The highest BCUT2D eigenvalue weighted by atomic mass is 79.9. The summed E-state index contributed by atoms with van der Waals surface area (Å²) in [6, 6.07) is 6.93. The Kier molecular flexibility index (Phi) is 5.25. The van der Waals surface area contributed by atoms with Crippen LogP contribution in [0.1, 0.15) is 17.5 Å². The van der Waals surface area contributed by atoms with E-state index in [-0.39, 0.29) is 12.4 Å². The molecule has 0 spiro atoms. The molecule has 0 bridgehead atoms. The molecule has 16 heavy (non-hydrogen) atoms. The van der Waals surface area contributed by atoms with Gasteiger partial charge >= 0.3 is 0 Å². The quantitative estimate of drug-likeness (QED) is 0.910. The number of halogens is 2. The van der Waals surface area contributed by atoms with Crippen molar-refractivity contribution in [2.45, 2.75) is 25.9 Å². The lowest BCUT2D eigenvalue weighted by Crippen LogP contribution is -2.26. The normalized spacial score (nSPS) is 20.8. The van der Waals surface area contributed by atoms with Crippen molar-refractivity contribution in [3.63, 3.8) is 0 Å². The average molecular weight is 306 g/mol. The highest BCUT2D eigenvalue weighted by molar-refractivity contribution is 9.10. The molecule has 1 heterocycles. The van der Waals surface area contributed by atoms with Crippen molar-refractivity contribution in [3.8, 4) is 0 Å². The minimum atomic E-state index is 0. The van der Waals surface area contributed by atoms with E-state index in [1.54, 1.807) is 0 Å². The lowest BCUT2D eigenvalue weighted by atomic mass is 10.1. The fourth-order valence-corrected chi connectivity index (χ4v) is 2.32. The van der Waals surface area contributed by atoms with Gasteiger partial charge in [0.25, 0.3) is 0 Å². The number of likely N-dealkylation sites (tertiary alicyclic amines) is 1. The molecule has 1 aromatic rings. The summed E-state index contributed by atoms with van der Waals surface area (Å²) in [5.41, 5.74) is 8.56. The van der Waals surface area contributed by atoms with Gasteiger partial charge in [-0.2, -0.15) is 0 Å². The molecule has 1 fully saturated rings. The molecule has 0 aliphatic carbocycles. The largest absolute Gasteiger partial charge is 0.326 e. The summed E-state index contributed by atoms with van der Waals surface area (Å²) >= 11 is 3.52. The Labute approximate surface area is 112 Å². The van der Waals surface area contributed by atoms with Gasteiger partial charge in [-0.15, -0.1) is 12.4 Å². The monoisotopic (exact) mass is 304 g/mol. The summed E-state index contributed by atoms with van der Waals surface area (Å²) in [6.07, 6.45) is 1.13. The number of nitrogens with zero attached hydrogens (tertiary/aromatic N) is 1. The smallest absolute Gasteiger partial charge is 0.0234 e. The molecule has 1 atom stereocenters. The third-order valence-corrected chi connectivity index (χ3v) is 3.83. The highest BCUT2D eigenvalue weighted by Crippen LogP contribution is 2.19. The third-order valence-electron chi connectivity index (χ3n) is 2.94. The molecule has 0 radical (unpaired) electrons. The van der Waals surface area contributed by atoms with E-state index in [2.05, 4.69) is 46.0 Å². The summed E-state index contributed by atoms with van der Waals surface area (Å²) in [5, 5.41) is 0. The van der Waals surface area contributed by atoms with Crippen molar-refractivity contribution in [1.29, 1.82) is 0 Å². The van der Waals surface area contributed by atoms with Gasteiger partial charge < -0.3 is 5.73 Å². The Morgan fingerprint density at radius 2 is 2.25 bits per heavy atom. The van der Waals surface area contributed by atoms with Crippen molar-refractivity contribution in [3.05, 3.63) is 33.8 Å². The summed E-state index contributed by atoms with van der Waals surface area (Å²) in [6.45, 7) is 5.33. The average Bonchev–Trinajstić information content (AvgIpc) is 2.58. The molecule has 4 heteroatoms. The molecule has 1 aliphatic rings. The lowest BCUT2D eigenvalue weighted by molar-refractivity contribution is 0.327. The summed E-state index contributed by atoms with van der Waals surface area (Å²) < 4.78 is 1.18. The fourth-order valence-electron chi connectivity index (χ4n) is 2.07. The van der Waals surface area contributed by atoms with E-state index in [1.165, 1.54) is 15.6 Å². The second kappa shape index (κ2) is 6.01. The molecular weight excluding hydrogens is 288 g/mol. The van der Waals surface area contributed by atoms with Crippen LogP contribution in [0.5, 0.6) is 0 Å². The van der Waals surface area contributed by atoms with Gasteiger partial charge in [0.2, 0.25) is 0 Å². The molecular formula is C12H18BrClN2. The van der Waals surface area contributed by atoms with Gasteiger partial charge in [0.05, 0.1) is 0 Å². The van der Waals surface area contributed by atoms with Gasteiger partial charge in [0.15, 0.2) is 0 Å². The molecule has 1 saturated heterocycles. The summed E-state index contributed by atoms with van der Waals surface area (Å²) in [5.74, 6) is 0. The zero-order chi connectivity index (χ0) is 10.8. The van der Waals surface area contributed by atoms with E-state index in [1.807, 2.05) is 0 Å². The van der Waals surface area contributed by atoms with Crippen molar-refractivity contribution < 1.29 is 0 Å². The van der Waals surface area contributed by atoms with Crippen LogP contribution in [0, 0.1) is 6.92 Å². The first-order chi connectivity index (χ1) is 7.15. The maximum atomic E-state index is 5.88. The minimum Gasteiger partial charge on any atom is -0.326 e. The van der Waals surface area contributed by atoms with Crippen molar-refractivity contribution in [1.82, 2.24) is 4.90 Å². The van der Waals surface area contributed by atoms with E-state index in [0.29, 0.717) is 6.04 Å². The van der Waals surface area contributed by atoms with Crippen LogP contribution in [-0.4, -0.2) is 24.0 Å². The van der Waals surface area contributed by atoms with Crippen LogP contribution in [0.15, 0.2) is 22.7 Å². The highest BCUT2D eigenvalue weighted by Gasteiger charge is 2.18. The molecule has 2 N–H and O–H groups in total. The van der Waals surface area contributed by atoms with Crippen LogP contribution in [0.2, 0.25) is 0 Å². The molecule has 1 aliphatic heterocycles. The molecule has 0 saturated carbocycles. The Hall–Kier alpha value is -0.0900. The minimum absolute atomic E-state index is 0. The standard InChI is InChI=1S/C12H17BrN2.ClH/c1-9-6-10(2-3-12(9)13)7-15-5-4-11(14)8-15;/h2-3,6,11H,4-5,7-8,14H2,1H3;1H. The predicted molar refractivity (Wildman–Crippen MR) is 74.0 cm³/mol. The van der Waals surface area contributed by atoms with Crippen LogP contribution < -0.4 is 5.73 Å². The maximum absolute atomic E-state index is 5.88. The number of rotatable bonds is 2. The van der Waals surface area contributed by atoms with Gasteiger partial charge in [-0.05, 0) is 30.5 Å². The maximum Gasteiger partial charge on any atom is 0.0234 e. The second-order valence-corrected chi connectivity index (χ2v) is 5.22. The Morgan fingerprint density at radius 1 is 1.50 bits per heavy atom. The van der Waals surface area contributed by atoms with Crippen LogP contribution in [0.3, 0.4) is 0 Å². The van der Waals surface area contributed by atoms with Gasteiger partial charge in [0, 0.05) is 30.1 Å². The van der Waals surface area contributed by atoms with E-state index in [4.69, 9.17) is 5.73 Å². The first-order valence-corrected chi connectivity index (χ1v) is 6.17. The van der Waals surface area contributed by atoms with E-state index in [9.17, 15) is 0 Å². The van der Waals surface area contributed by atoms with Gasteiger partial charge in [-0.1, -0.05) is 28.1 Å². The van der Waals surface area contributed by atoms with Gasteiger partial charge in [-0.3, -0.25) is 4.90 Å². The topological polar surface area (TPSA) is 29.3 Å². The van der Waals surface area contributed by atoms with Crippen LogP contribution in [-0.2, 0) is 6.54 Å². The molecule has 0 aromatic heterocycles. The molecule has 2 rings (SSSR count). The van der Waals surface area contributed by atoms with Gasteiger partial charge in [0.1, 0.15) is 0 Å². The van der Waals surface area contributed by atoms with Crippen molar-refractivity contribution in [2.24, 2.45) is 5.73 Å². The fraction of sp³-hybridized carbons (Fsp3) is 0.500. The molecule has 1 aromatic carbocycles.